The molecule has 0 saturated heterocycles. The number of hydrogen-bond donors (Lipinski definition) is 0. The molecule has 1 atom stereocenters. The minimum atomic E-state index is -0.908. The Morgan fingerprint density at radius 2 is 2.31 bits per heavy atom. The number of esters is 1. The van der Waals surface area contributed by atoms with E-state index in [1.807, 2.05) is 0 Å². The number of nitriles is 1. The van der Waals surface area contributed by atoms with Gasteiger partial charge in [0.05, 0.1) is 12.7 Å². The summed E-state index contributed by atoms with van der Waals surface area (Å²) in [5.41, 5.74) is -0.908. The average Bonchev–Trinajstić information content (AvgIpc) is 2.01. The number of nitrogens with zero attached hydrogens (tertiary/aromatic N) is 1. The van der Waals surface area contributed by atoms with E-state index in [0.29, 0.717) is 6.61 Å². The second-order valence-electron chi connectivity index (χ2n) is 3.66. The van der Waals surface area contributed by atoms with Crippen molar-refractivity contribution in [1.82, 2.24) is 0 Å². The van der Waals surface area contributed by atoms with Crippen molar-refractivity contribution in [3.8, 4) is 6.07 Å². The topological polar surface area (TPSA) is 50.1 Å². The molecule has 0 radical (unpaired) electrons. The molecular weight excluding hydrogens is 166 g/mol. The minimum absolute atomic E-state index is 0.205. The summed E-state index contributed by atoms with van der Waals surface area (Å²) in [4.78, 5) is 11.5. The summed E-state index contributed by atoms with van der Waals surface area (Å²) in [5, 5.41) is 8.97. The van der Waals surface area contributed by atoms with E-state index in [4.69, 9.17) is 10.00 Å². The first-order chi connectivity index (χ1) is 6.15. The Kier molecular flexibility index (Phi) is 2.92. The molecule has 0 aromatic heterocycles. The number of carbonyl (C=O) groups excluding carboxylic acids is 1. The quantitative estimate of drug-likeness (QED) is 0.624. The van der Waals surface area contributed by atoms with Gasteiger partial charge >= 0.3 is 5.97 Å². The lowest BCUT2D eigenvalue weighted by atomic mass is 9.67. The van der Waals surface area contributed by atoms with Gasteiger partial charge in [-0.25, -0.2) is 0 Å². The molecule has 0 aliphatic heterocycles. The maximum atomic E-state index is 11.5. The molecule has 3 nitrogen and oxygen atoms in total. The summed E-state index contributed by atoms with van der Waals surface area (Å²) in [7, 11) is 0. The van der Waals surface area contributed by atoms with E-state index in [0.717, 1.165) is 19.3 Å². The second kappa shape index (κ2) is 3.78. The summed E-state index contributed by atoms with van der Waals surface area (Å²) >= 11 is 0. The van der Waals surface area contributed by atoms with E-state index in [1.54, 1.807) is 13.8 Å². The van der Waals surface area contributed by atoms with Crippen LogP contribution in [0, 0.1) is 22.7 Å². The maximum absolute atomic E-state index is 11.5. The number of rotatable bonds is 3. The van der Waals surface area contributed by atoms with E-state index in [9.17, 15) is 4.79 Å². The Bertz CT molecular complexity index is 240. The van der Waals surface area contributed by atoms with Crippen LogP contribution in [-0.2, 0) is 9.53 Å². The Balaban J connectivity index is 2.68. The molecule has 0 aromatic rings. The molecule has 0 amide bonds. The van der Waals surface area contributed by atoms with E-state index >= 15 is 0 Å². The fourth-order valence-corrected chi connectivity index (χ4v) is 1.57. The van der Waals surface area contributed by atoms with Crippen molar-refractivity contribution in [2.45, 2.75) is 33.1 Å². The largest absolute Gasteiger partial charge is 0.465 e. The molecule has 1 rings (SSSR count). The van der Waals surface area contributed by atoms with Crippen LogP contribution in [-0.4, -0.2) is 12.6 Å². The zero-order valence-electron chi connectivity index (χ0n) is 8.17. The van der Waals surface area contributed by atoms with Crippen LogP contribution in [0.2, 0.25) is 0 Å². The average molecular weight is 181 g/mol. The molecule has 3 heteroatoms. The molecule has 0 aromatic carbocycles. The van der Waals surface area contributed by atoms with Crippen LogP contribution < -0.4 is 0 Å². The van der Waals surface area contributed by atoms with Gasteiger partial charge in [0.25, 0.3) is 0 Å². The van der Waals surface area contributed by atoms with Gasteiger partial charge in [0.15, 0.2) is 5.41 Å². The highest BCUT2D eigenvalue weighted by Crippen LogP contribution is 2.42. The smallest absolute Gasteiger partial charge is 0.326 e. The highest BCUT2D eigenvalue weighted by atomic mass is 16.5. The molecule has 0 N–H and O–H groups in total. The molecule has 0 bridgehead atoms. The zero-order chi connectivity index (χ0) is 9.90. The summed E-state index contributed by atoms with van der Waals surface area (Å²) in [5.74, 6) is -0.154. The zero-order valence-corrected chi connectivity index (χ0v) is 8.17. The second-order valence-corrected chi connectivity index (χ2v) is 3.66. The van der Waals surface area contributed by atoms with Gasteiger partial charge in [-0.2, -0.15) is 5.26 Å². The molecule has 1 unspecified atom stereocenters. The summed E-state index contributed by atoms with van der Waals surface area (Å²) < 4.78 is 4.89. The SMILES string of the molecule is CCOC(=O)C(C)(C#N)C1CCC1. The molecule has 1 aliphatic rings. The Labute approximate surface area is 78.7 Å². The van der Waals surface area contributed by atoms with Gasteiger partial charge in [-0.3, -0.25) is 4.79 Å². The van der Waals surface area contributed by atoms with Crippen LogP contribution in [0.5, 0.6) is 0 Å². The van der Waals surface area contributed by atoms with Crippen LogP contribution in [0.4, 0.5) is 0 Å². The highest BCUT2D eigenvalue weighted by Gasteiger charge is 2.45. The summed E-state index contributed by atoms with van der Waals surface area (Å²) in [6.07, 6.45) is 3.08. The van der Waals surface area contributed by atoms with Crippen molar-refractivity contribution in [3.63, 3.8) is 0 Å². The van der Waals surface area contributed by atoms with Gasteiger partial charge in [-0.1, -0.05) is 6.42 Å². The van der Waals surface area contributed by atoms with Crippen molar-refractivity contribution >= 4 is 5.97 Å². The standard InChI is InChI=1S/C10H15NO2/c1-3-13-9(12)10(2,7-11)8-5-4-6-8/h8H,3-6H2,1-2H3. The van der Waals surface area contributed by atoms with Gasteiger partial charge in [0, 0.05) is 0 Å². The van der Waals surface area contributed by atoms with Crippen LogP contribution >= 0.6 is 0 Å². The molecule has 1 saturated carbocycles. The third kappa shape index (κ3) is 1.67. The van der Waals surface area contributed by atoms with E-state index < -0.39 is 5.41 Å². The fourth-order valence-electron chi connectivity index (χ4n) is 1.57. The normalized spacial score (nSPS) is 21.0. The minimum Gasteiger partial charge on any atom is -0.465 e. The lowest BCUT2D eigenvalue weighted by Crippen LogP contribution is -2.39. The van der Waals surface area contributed by atoms with Crippen molar-refractivity contribution < 1.29 is 9.53 Å². The molecule has 72 valence electrons. The van der Waals surface area contributed by atoms with Gasteiger partial charge in [0.1, 0.15) is 0 Å². The first kappa shape index (κ1) is 10.0. The van der Waals surface area contributed by atoms with Crippen molar-refractivity contribution in [2.24, 2.45) is 11.3 Å². The third-order valence-corrected chi connectivity index (χ3v) is 2.85. The van der Waals surface area contributed by atoms with Gasteiger partial charge in [0.2, 0.25) is 0 Å². The first-order valence-corrected chi connectivity index (χ1v) is 4.73. The number of carbonyl (C=O) groups is 1. The molecule has 1 fully saturated rings. The lowest BCUT2D eigenvalue weighted by molar-refractivity contribution is -0.155. The Morgan fingerprint density at radius 1 is 1.69 bits per heavy atom. The van der Waals surface area contributed by atoms with Crippen molar-refractivity contribution in [2.75, 3.05) is 6.61 Å². The van der Waals surface area contributed by atoms with E-state index in [-0.39, 0.29) is 11.9 Å². The molecular formula is C10H15NO2. The summed E-state index contributed by atoms with van der Waals surface area (Å²) in [6, 6.07) is 2.09. The third-order valence-electron chi connectivity index (χ3n) is 2.85. The van der Waals surface area contributed by atoms with Crippen LogP contribution in [0.3, 0.4) is 0 Å². The summed E-state index contributed by atoms with van der Waals surface area (Å²) in [6.45, 7) is 3.80. The molecule has 1 aliphatic carbocycles. The van der Waals surface area contributed by atoms with Crippen molar-refractivity contribution in [1.29, 1.82) is 5.26 Å². The van der Waals surface area contributed by atoms with Crippen LogP contribution in [0.25, 0.3) is 0 Å². The number of hydrogen-bond acceptors (Lipinski definition) is 3. The van der Waals surface area contributed by atoms with Crippen LogP contribution in [0.15, 0.2) is 0 Å². The first-order valence-electron chi connectivity index (χ1n) is 4.73. The van der Waals surface area contributed by atoms with E-state index in [1.165, 1.54) is 0 Å². The van der Waals surface area contributed by atoms with Gasteiger partial charge in [-0.05, 0) is 32.6 Å². The molecule has 0 heterocycles. The predicted octanol–water partition coefficient (Wildman–Crippen LogP) is 1.88. The van der Waals surface area contributed by atoms with Crippen LogP contribution in [0.1, 0.15) is 33.1 Å². The highest BCUT2D eigenvalue weighted by molar-refractivity contribution is 5.80. The van der Waals surface area contributed by atoms with Gasteiger partial charge < -0.3 is 4.74 Å². The van der Waals surface area contributed by atoms with E-state index in [2.05, 4.69) is 6.07 Å². The number of ether oxygens (including phenoxy) is 1. The Morgan fingerprint density at radius 3 is 2.62 bits per heavy atom. The monoisotopic (exact) mass is 181 g/mol. The maximum Gasteiger partial charge on any atom is 0.326 e. The lowest BCUT2D eigenvalue weighted by Gasteiger charge is -2.35. The molecule has 0 spiro atoms. The van der Waals surface area contributed by atoms with Crippen molar-refractivity contribution in [3.05, 3.63) is 0 Å². The fraction of sp³-hybridized carbons (Fsp3) is 0.800. The van der Waals surface area contributed by atoms with Gasteiger partial charge in [-0.15, -0.1) is 0 Å². The molecule has 13 heavy (non-hydrogen) atoms. The Hall–Kier alpha value is -1.04. The predicted molar refractivity (Wildman–Crippen MR) is 47.7 cm³/mol.